The van der Waals surface area contributed by atoms with Gasteiger partial charge in [0.2, 0.25) is 0 Å². The summed E-state index contributed by atoms with van der Waals surface area (Å²) in [4.78, 5) is 7.29. The Morgan fingerprint density at radius 1 is 1.77 bits per heavy atom. The fourth-order valence-electron chi connectivity index (χ4n) is 1.29. The number of imidazole rings is 1. The Morgan fingerprint density at radius 3 is 3.15 bits per heavy atom. The highest BCUT2D eigenvalue weighted by molar-refractivity contribution is 4.95. The molecule has 0 spiro atoms. The monoisotopic (exact) mass is 177 g/mol. The third-order valence-corrected chi connectivity index (χ3v) is 2.01. The van der Waals surface area contributed by atoms with Gasteiger partial charge in [0, 0.05) is 18.8 Å². The van der Waals surface area contributed by atoms with Gasteiger partial charge in [-0.2, -0.15) is 0 Å². The number of nitrogens with one attached hydrogen (secondary N) is 2. The van der Waals surface area contributed by atoms with Gasteiger partial charge in [0.15, 0.2) is 0 Å². The molecule has 0 aliphatic carbocycles. The van der Waals surface area contributed by atoms with Crippen LogP contribution in [0.5, 0.6) is 0 Å². The first kappa shape index (κ1) is 9.82. The van der Waals surface area contributed by atoms with E-state index in [2.05, 4.69) is 21.2 Å². The van der Waals surface area contributed by atoms with Crippen molar-refractivity contribution in [3.63, 3.8) is 0 Å². The molecule has 0 aromatic carbocycles. The van der Waals surface area contributed by atoms with E-state index in [0.717, 1.165) is 25.1 Å². The lowest BCUT2D eigenvalue weighted by molar-refractivity contribution is 0.510. The molecule has 0 aliphatic rings. The average molecular weight is 177 g/mol. The Bertz CT molecular complexity index is 258. The summed E-state index contributed by atoms with van der Waals surface area (Å²) in [7, 11) is 1.93. The van der Waals surface area contributed by atoms with Gasteiger partial charge in [0.1, 0.15) is 5.82 Å². The van der Waals surface area contributed by atoms with Crippen LogP contribution in [0, 0.1) is 12.3 Å². The largest absolute Gasteiger partial charge is 0.347 e. The minimum atomic E-state index is 0.295. The van der Waals surface area contributed by atoms with Crippen molar-refractivity contribution in [1.29, 1.82) is 0 Å². The molecule has 0 aliphatic heterocycles. The molecule has 0 saturated heterocycles. The minimum absolute atomic E-state index is 0.295. The maximum Gasteiger partial charge on any atom is 0.123 e. The predicted octanol–water partition coefficient (Wildman–Crippen LogP) is 1.47. The first-order valence-corrected chi connectivity index (χ1v) is 4.48. The standard InChI is InChI=1S/C10H15N3/c1-3-4-5-6-9(11-2)10-12-7-8-13-10/h1,7-9,11H,4-6H2,2H3,(H,12,13). The Kier molecular flexibility index (Phi) is 4.07. The van der Waals surface area contributed by atoms with Gasteiger partial charge in [-0.3, -0.25) is 0 Å². The molecule has 1 aromatic heterocycles. The third-order valence-electron chi connectivity index (χ3n) is 2.01. The molecule has 3 nitrogen and oxygen atoms in total. The second kappa shape index (κ2) is 5.39. The van der Waals surface area contributed by atoms with Crippen LogP contribution in [0.2, 0.25) is 0 Å². The van der Waals surface area contributed by atoms with Gasteiger partial charge in [0.05, 0.1) is 6.04 Å². The van der Waals surface area contributed by atoms with Gasteiger partial charge in [-0.15, -0.1) is 12.3 Å². The van der Waals surface area contributed by atoms with Gasteiger partial charge < -0.3 is 10.3 Å². The van der Waals surface area contributed by atoms with Crippen LogP contribution in [-0.2, 0) is 0 Å². The van der Waals surface area contributed by atoms with Crippen LogP contribution in [0.3, 0.4) is 0 Å². The minimum Gasteiger partial charge on any atom is -0.347 e. The van der Waals surface area contributed by atoms with Crippen molar-refractivity contribution in [3.8, 4) is 12.3 Å². The van der Waals surface area contributed by atoms with Crippen LogP contribution in [0.1, 0.15) is 31.1 Å². The molecule has 1 aromatic rings. The highest BCUT2D eigenvalue weighted by Crippen LogP contribution is 2.14. The Labute approximate surface area is 79.0 Å². The van der Waals surface area contributed by atoms with E-state index in [4.69, 9.17) is 6.42 Å². The Balaban J connectivity index is 2.41. The zero-order valence-corrected chi connectivity index (χ0v) is 7.88. The summed E-state index contributed by atoms with van der Waals surface area (Å²) in [6.07, 6.45) is 11.7. The van der Waals surface area contributed by atoms with Gasteiger partial charge in [-0.05, 0) is 19.9 Å². The van der Waals surface area contributed by atoms with E-state index < -0.39 is 0 Å². The molecule has 0 saturated carbocycles. The van der Waals surface area contributed by atoms with Gasteiger partial charge in [0.25, 0.3) is 0 Å². The zero-order valence-electron chi connectivity index (χ0n) is 7.88. The SMILES string of the molecule is C#CCCCC(NC)c1ncc[nH]1. The smallest absolute Gasteiger partial charge is 0.123 e. The fraction of sp³-hybridized carbons (Fsp3) is 0.500. The lowest BCUT2D eigenvalue weighted by Gasteiger charge is -2.12. The van der Waals surface area contributed by atoms with E-state index in [1.54, 1.807) is 6.20 Å². The molecule has 1 heterocycles. The summed E-state index contributed by atoms with van der Waals surface area (Å²) in [5.41, 5.74) is 0. The van der Waals surface area contributed by atoms with Gasteiger partial charge in [-0.25, -0.2) is 4.98 Å². The summed E-state index contributed by atoms with van der Waals surface area (Å²) in [6.45, 7) is 0. The first-order chi connectivity index (χ1) is 6.38. The van der Waals surface area contributed by atoms with Crippen molar-refractivity contribution in [2.75, 3.05) is 7.05 Å². The summed E-state index contributed by atoms with van der Waals surface area (Å²) in [5, 5.41) is 3.20. The summed E-state index contributed by atoms with van der Waals surface area (Å²) < 4.78 is 0. The van der Waals surface area contributed by atoms with Gasteiger partial charge in [-0.1, -0.05) is 0 Å². The molecule has 2 N–H and O–H groups in total. The molecule has 13 heavy (non-hydrogen) atoms. The van der Waals surface area contributed by atoms with E-state index in [9.17, 15) is 0 Å². The topological polar surface area (TPSA) is 40.7 Å². The van der Waals surface area contributed by atoms with Crippen molar-refractivity contribution in [3.05, 3.63) is 18.2 Å². The number of H-pyrrole nitrogens is 1. The Morgan fingerprint density at radius 2 is 2.62 bits per heavy atom. The average Bonchev–Trinajstić information content (AvgIpc) is 2.65. The van der Waals surface area contributed by atoms with Crippen molar-refractivity contribution >= 4 is 0 Å². The van der Waals surface area contributed by atoms with Crippen LogP contribution in [0.4, 0.5) is 0 Å². The fourth-order valence-corrected chi connectivity index (χ4v) is 1.29. The maximum absolute atomic E-state index is 5.18. The van der Waals surface area contributed by atoms with Crippen LogP contribution in [0.25, 0.3) is 0 Å². The van der Waals surface area contributed by atoms with Crippen molar-refractivity contribution in [2.45, 2.75) is 25.3 Å². The maximum atomic E-state index is 5.18. The summed E-state index contributed by atoms with van der Waals surface area (Å²) in [6, 6.07) is 0.295. The molecule has 0 radical (unpaired) electrons. The summed E-state index contributed by atoms with van der Waals surface area (Å²) in [5.74, 6) is 3.62. The van der Waals surface area contributed by atoms with E-state index in [1.807, 2.05) is 13.2 Å². The molecule has 70 valence electrons. The van der Waals surface area contributed by atoms with Gasteiger partial charge >= 0.3 is 0 Å². The molecule has 0 amide bonds. The van der Waals surface area contributed by atoms with Crippen LogP contribution in [-0.4, -0.2) is 17.0 Å². The van der Waals surface area contributed by atoms with Crippen LogP contribution in [0.15, 0.2) is 12.4 Å². The zero-order chi connectivity index (χ0) is 9.52. The number of aromatic amines is 1. The van der Waals surface area contributed by atoms with Crippen molar-refractivity contribution in [2.24, 2.45) is 0 Å². The lowest BCUT2D eigenvalue weighted by Crippen LogP contribution is -2.17. The number of nitrogens with zero attached hydrogens (tertiary/aromatic N) is 1. The predicted molar refractivity (Wildman–Crippen MR) is 53.1 cm³/mol. The highest BCUT2D eigenvalue weighted by Gasteiger charge is 2.09. The second-order valence-electron chi connectivity index (χ2n) is 2.91. The lowest BCUT2D eigenvalue weighted by atomic mass is 10.1. The molecule has 0 fully saturated rings. The molecule has 0 bridgehead atoms. The molecule has 1 unspecified atom stereocenters. The number of hydrogen-bond donors (Lipinski definition) is 2. The van der Waals surface area contributed by atoms with E-state index in [0.29, 0.717) is 6.04 Å². The quantitative estimate of drug-likeness (QED) is 0.528. The van der Waals surface area contributed by atoms with Crippen LogP contribution >= 0.6 is 0 Å². The Hall–Kier alpha value is -1.27. The number of aromatic nitrogens is 2. The van der Waals surface area contributed by atoms with E-state index in [1.165, 1.54) is 0 Å². The number of hydrogen-bond acceptors (Lipinski definition) is 2. The number of terminal acetylenes is 1. The normalized spacial score (nSPS) is 12.3. The van der Waals surface area contributed by atoms with E-state index in [-0.39, 0.29) is 0 Å². The van der Waals surface area contributed by atoms with E-state index >= 15 is 0 Å². The first-order valence-electron chi connectivity index (χ1n) is 4.48. The highest BCUT2D eigenvalue weighted by atomic mass is 15.0. The molecule has 3 heteroatoms. The molecule has 1 rings (SSSR count). The van der Waals surface area contributed by atoms with Crippen LogP contribution < -0.4 is 5.32 Å². The van der Waals surface area contributed by atoms with Crippen molar-refractivity contribution < 1.29 is 0 Å². The molecular weight excluding hydrogens is 162 g/mol. The van der Waals surface area contributed by atoms with Crippen molar-refractivity contribution in [1.82, 2.24) is 15.3 Å². The second-order valence-corrected chi connectivity index (χ2v) is 2.91. The number of rotatable bonds is 5. The summed E-state index contributed by atoms with van der Waals surface area (Å²) >= 11 is 0. The third kappa shape index (κ3) is 2.92. The molecule has 1 atom stereocenters. The molecular formula is C10H15N3. The number of unbranched alkanes of at least 4 members (excludes halogenated alkanes) is 1.